The monoisotopic (exact) mass is 219 g/mol. The van der Waals surface area contributed by atoms with Crippen molar-refractivity contribution in [3.8, 4) is 5.75 Å². The Morgan fingerprint density at radius 3 is 2.69 bits per heavy atom. The van der Waals surface area contributed by atoms with E-state index in [0.717, 1.165) is 6.42 Å². The summed E-state index contributed by atoms with van der Waals surface area (Å²) in [5.74, 6) is 1.69. The van der Waals surface area contributed by atoms with E-state index in [4.69, 9.17) is 14.9 Å². The summed E-state index contributed by atoms with van der Waals surface area (Å²) in [6, 6.07) is 7.29. The van der Waals surface area contributed by atoms with Crippen molar-refractivity contribution in [1.29, 1.82) is 0 Å². The maximum atomic E-state index is 5.72. The number of hydrogen-bond donors (Lipinski definition) is 1. The first-order valence-electron chi connectivity index (χ1n) is 5.08. The SMILES string of the molecule is CCc1nnc(COc2ccccc2N)o1. The molecule has 5 heteroatoms. The van der Waals surface area contributed by atoms with E-state index in [2.05, 4.69) is 10.2 Å². The predicted octanol–water partition coefficient (Wildman–Crippen LogP) is 1.79. The second-order valence-electron chi connectivity index (χ2n) is 3.27. The lowest BCUT2D eigenvalue weighted by atomic mass is 10.3. The van der Waals surface area contributed by atoms with E-state index in [0.29, 0.717) is 23.2 Å². The van der Waals surface area contributed by atoms with Crippen molar-refractivity contribution in [3.05, 3.63) is 36.0 Å². The molecule has 2 N–H and O–H groups in total. The van der Waals surface area contributed by atoms with Crippen LogP contribution in [-0.2, 0) is 13.0 Å². The molecule has 0 fully saturated rings. The zero-order chi connectivity index (χ0) is 11.4. The van der Waals surface area contributed by atoms with Crippen LogP contribution in [0.2, 0.25) is 0 Å². The molecule has 2 rings (SSSR count). The number of nitrogens with zero attached hydrogens (tertiary/aromatic N) is 2. The first kappa shape index (κ1) is 10.5. The van der Waals surface area contributed by atoms with Gasteiger partial charge in [-0.05, 0) is 12.1 Å². The normalized spacial score (nSPS) is 10.3. The van der Waals surface area contributed by atoms with Gasteiger partial charge in [-0.3, -0.25) is 0 Å². The van der Waals surface area contributed by atoms with E-state index in [1.54, 1.807) is 12.1 Å². The molecule has 1 aromatic heterocycles. The second kappa shape index (κ2) is 4.65. The van der Waals surface area contributed by atoms with Crippen molar-refractivity contribution in [2.45, 2.75) is 20.0 Å². The topological polar surface area (TPSA) is 74.2 Å². The first-order chi connectivity index (χ1) is 7.79. The zero-order valence-electron chi connectivity index (χ0n) is 9.01. The van der Waals surface area contributed by atoms with Gasteiger partial charge in [-0.1, -0.05) is 19.1 Å². The highest BCUT2D eigenvalue weighted by atomic mass is 16.5. The largest absolute Gasteiger partial charge is 0.482 e. The number of ether oxygens (including phenoxy) is 1. The Bertz CT molecular complexity index is 468. The molecule has 1 heterocycles. The molecule has 0 bridgehead atoms. The Labute approximate surface area is 93.2 Å². The van der Waals surface area contributed by atoms with Gasteiger partial charge in [-0.25, -0.2) is 0 Å². The van der Waals surface area contributed by atoms with Crippen LogP contribution in [0.5, 0.6) is 5.75 Å². The van der Waals surface area contributed by atoms with Crippen LogP contribution in [0, 0.1) is 0 Å². The van der Waals surface area contributed by atoms with Gasteiger partial charge in [0.2, 0.25) is 5.89 Å². The summed E-state index contributed by atoms with van der Waals surface area (Å²) in [4.78, 5) is 0. The molecule has 0 aliphatic carbocycles. The van der Waals surface area contributed by atoms with Crippen molar-refractivity contribution >= 4 is 5.69 Å². The lowest BCUT2D eigenvalue weighted by molar-refractivity contribution is 0.260. The molecule has 0 unspecified atom stereocenters. The number of rotatable bonds is 4. The number of hydrogen-bond acceptors (Lipinski definition) is 5. The number of para-hydroxylation sites is 2. The summed E-state index contributed by atoms with van der Waals surface area (Å²) in [5, 5.41) is 7.69. The summed E-state index contributed by atoms with van der Waals surface area (Å²) < 4.78 is 10.8. The van der Waals surface area contributed by atoms with E-state index < -0.39 is 0 Å². The summed E-state index contributed by atoms with van der Waals surface area (Å²) in [7, 11) is 0. The quantitative estimate of drug-likeness (QED) is 0.793. The molecule has 0 saturated heterocycles. The molecule has 0 spiro atoms. The average molecular weight is 219 g/mol. The Morgan fingerprint density at radius 1 is 1.25 bits per heavy atom. The highest BCUT2D eigenvalue weighted by Gasteiger charge is 2.05. The molecule has 0 aliphatic heterocycles. The smallest absolute Gasteiger partial charge is 0.253 e. The Kier molecular flexibility index (Phi) is 3.05. The molecule has 0 aliphatic rings. The molecule has 0 amide bonds. The highest BCUT2D eigenvalue weighted by molar-refractivity contribution is 5.51. The van der Waals surface area contributed by atoms with Gasteiger partial charge in [0.05, 0.1) is 5.69 Å². The predicted molar refractivity (Wildman–Crippen MR) is 58.9 cm³/mol. The summed E-state index contributed by atoms with van der Waals surface area (Å²) in [5.41, 5.74) is 6.32. The van der Waals surface area contributed by atoms with Crippen LogP contribution >= 0.6 is 0 Å². The fraction of sp³-hybridized carbons (Fsp3) is 0.273. The van der Waals surface area contributed by atoms with Crippen LogP contribution < -0.4 is 10.5 Å². The highest BCUT2D eigenvalue weighted by Crippen LogP contribution is 2.20. The number of benzene rings is 1. The first-order valence-corrected chi connectivity index (χ1v) is 5.08. The molecule has 16 heavy (non-hydrogen) atoms. The maximum absolute atomic E-state index is 5.72. The van der Waals surface area contributed by atoms with Gasteiger partial charge in [0.15, 0.2) is 6.61 Å². The summed E-state index contributed by atoms with van der Waals surface area (Å²) in [6.45, 7) is 2.19. The second-order valence-corrected chi connectivity index (χ2v) is 3.27. The number of nitrogen functional groups attached to an aromatic ring is 1. The van der Waals surface area contributed by atoms with Crippen molar-refractivity contribution in [3.63, 3.8) is 0 Å². The third-order valence-corrected chi connectivity index (χ3v) is 2.08. The van der Waals surface area contributed by atoms with Gasteiger partial charge in [-0.15, -0.1) is 10.2 Å². The molecule has 0 saturated carbocycles. The fourth-order valence-electron chi connectivity index (χ4n) is 1.24. The van der Waals surface area contributed by atoms with Crippen LogP contribution in [-0.4, -0.2) is 10.2 Å². The van der Waals surface area contributed by atoms with Gasteiger partial charge in [-0.2, -0.15) is 0 Å². The lowest BCUT2D eigenvalue weighted by Gasteiger charge is -2.05. The van der Waals surface area contributed by atoms with Gasteiger partial charge in [0, 0.05) is 6.42 Å². The van der Waals surface area contributed by atoms with E-state index in [9.17, 15) is 0 Å². The molecular weight excluding hydrogens is 206 g/mol. The molecule has 84 valence electrons. The van der Waals surface area contributed by atoms with Crippen molar-refractivity contribution in [1.82, 2.24) is 10.2 Å². The Morgan fingerprint density at radius 2 is 2.00 bits per heavy atom. The third-order valence-electron chi connectivity index (χ3n) is 2.08. The number of anilines is 1. The van der Waals surface area contributed by atoms with Gasteiger partial charge < -0.3 is 14.9 Å². The lowest BCUT2D eigenvalue weighted by Crippen LogP contribution is -1.98. The minimum atomic E-state index is 0.237. The van der Waals surface area contributed by atoms with Crippen LogP contribution in [0.15, 0.2) is 28.7 Å². The van der Waals surface area contributed by atoms with Crippen LogP contribution in [0.25, 0.3) is 0 Å². The Balaban J connectivity index is 1.99. The molecule has 0 atom stereocenters. The van der Waals surface area contributed by atoms with Crippen molar-refractivity contribution < 1.29 is 9.15 Å². The zero-order valence-corrected chi connectivity index (χ0v) is 9.01. The third kappa shape index (κ3) is 2.31. The molecule has 2 aromatic rings. The molecule has 0 radical (unpaired) electrons. The maximum Gasteiger partial charge on any atom is 0.253 e. The minimum Gasteiger partial charge on any atom is -0.482 e. The van der Waals surface area contributed by atoms with Gasteiger partial charge in [0.1, 0.15) is 5.75 Å². The minimum absolute atomic E-state index is 0.237. The van der Waals surface area contributed by atoms with Crippen LogP contribution in [0.4, 0.5) is 5.69 Å². The van der Waals surface area contributed by atoms with E-state index in [-0.39, 0.29) is 6.61 Å². The Hall–Kier alpha value is -2.04. The summed E-state index contributed by atoms with van der Waals surface area (Å²) in [6.07, 6.45) is 0.723. The van der Waals surface area contributed by atoms with E-state index >= 15 is 0 Å². The summed E-state index contributed by atoms with van der Waals surface area (Å²) >= 11 is 0. The number of nitrogens with two attached hydrogens (primary N) is 1. The van der Waals surface area contributed by atoms with E-state index in [1.807, 2.05) is 19.1 Å². The standard InChI is InChI=1S/C11H13N3O2/c1-2-10-13-14-11(16-10)7-15-9-6-4-3-5-8(9)12/h3-6H,2,7,12H2,1H3. The molecular formula is C11H13N3O2. The van der Waals surface area contributed by atoms with Crippen LogP contribution in [0.3, 0.4) is 0 Å². The van der Waals surface area contributed by atoms with Gasteiger partial charge >= 0.3 is 0 Å². The van der Waals surface area contributed by atoms with E-state index in [1.165, 1.54) is 0 Å². The van der Waals surface area contributed by atoms with Gasteiger partial charge in [0.25, 0.3) is 5.89 Å². The van der Waals surface area contributed by atoms with Crippen molar-refractivity contribution in [2.75, 3.05) is 5.73 Å². The number of aryl methyl sites for hydroxylation is 1. The number of aromatic nitrogens is 2. The van der Waals surface area contributed by atoms with Crippen molar-refractivity contribution in [2.24, 2.45) is 0 Å². The fourth-order valence-corrected chi connectivity index (χ4v) is 1.24. The van der Waals surface area contributed by atoms with Crippen LogP contribution in [0.1, 0.15) is 18.7 Å². The molecule has 1 aromatic carbocycles. The molecule has 5 nitrogen and oxygen atoms in total. The average Bonchev–Trinajstić information content (AvgIpc) is 2.76.